The molecule has 6 heteroatoms. The largest absolute Gasteiger partial charge is 0.385 e. The molecule has 2 aromatic carbocycles. The quantitative estimate of drug-likeness (QED) is 0.259. The van der Waals surface area contributed by atoms with Crippen molar-refractivity contribution in [3.63, 3.8) is 0 Å². The summed E-state index contributed by atoms with van der Waals surface area (Å²) in [6.45, 7) is 16.4. The number of amides is 1. The van der Waals surface area contributed by atoms with Gasteiger partial charge in [0.15, 0.2) is 0 Å². The summed E-state index contributed by atoms with van der Waals surface area (Å²) >= 11 is 0. The Balaban J connectivity index is 1.58. The highest BCUT2D eigenvalue weighted by Crippen LogP contribution is 2.35. The standard InChI is InChI=1S/C33H39FN4O/c1-22(2)38(20-27-15-30(17-31(34)16-27)24(4)36-19-26-13-23(3)14-26)25(5)32-8-7-29(18-33(32)37(6)21-39)28-9-11-35-12-10-28/h7-12,15-18,21-23,26,36H,4-5,13-14,19-20H2,1-3,6H3. The second-order valence-corrected chi connectivity index (χ2v) is 11.0. The topological polar surface area (TPSA) is 48.5 Å². The SMILES string of the molecule is C=C(NCC1CC(C)C1)c1cc(F)cc(CN(C(=C)c2ccc(-c3ccncc3)cc2N(C)C=O)C(C)C)c1. The number of hydrogen-bond donors (Lipinski definition) is 1. The van der Waals surface area contributed by atoms with Crippen LogP contribution in [0, 0.1) is 17.7 Å². The minimum atomic E-state index is -0.292. The number of carbonyl (C=O) groups excluding carboxylic acids is 1. The van der Waals surface area contributed by atoms with Crippen LogP contribution in [0.4, 0.5) is 10.1 Å². The average Bonchev–Trinajstić information content (AvgIpc) is 2.92. The summed E-state index contributed by atoms with van der Waals surface area (Å²) in [7, 11) is 1.73. The lowest BCUT2D eigenvalue weighted by Crippen LogP contribution is -2.31. The van der Waals surface area contributed by atoms with Gasteiger partial charge in [-0.25, -0.2) is 4.39 Å². The monoisotopic (exact) mass is 526 g/mol. The van der Waals surface area contributed by atoms with Crippen molar-refractivity contribution in [1.82, 2.24) is 15.2 Å². The van der Waals surface area contributed by atoms with Crippen LogP contribution in [-0.2, 0) is 11.3 Å². The van der Waals surface area contributed by atoms with E-state index in [1.807, 2.05) is 36.4 Å². The molecule has 1 aliphatic rings. The lowest BCUT2D eigenvalue weighted by molar-refractivity contribution is -0.107. The molecule has 1 N–H and O–H groups in total. The predicted octanol–water partition coefficient (Wildman–Crippen LogP) is 6.97. The van der Waals surface area contributed by atoms with E-state index >= 15 is 0 Å². The molecule has 0 radical (unpaired) electrons. The van der Waals surface area contributed by atoms with Crippen molar-refractivity contribution in [3.05, 3.63) is 96.6 Å². The van der Waals surface area contributed by atoms with Crippen LogP contribution in [0.3, 0.4) is 0 Å². The third kappa shape index (κ3) is 6.75. The van der Waals surface area contributed by atoms with E-state index in [0.29, 0.717) is 12.5 Å². The Hall–Kier alpha value is -3.93. The van der Waals surface area contributed by atoms with Crippen molar-refractivity contribution in [3.8, 4) is 11.1 Å². The van der Waals surface area contributed by atoms with E-state index in [-0.39, 0.29) is 11.9 Å². The fourth-order valence-corrected chi connectivity index (χ4v) is 5.31. The number of nitrogens with zero attached hydrogens (tertiary/aromatic N) is 3. The first kappa shape index (κ1) is 28.1. The van der Waals surface area contributed by atoms with Crippen molar-refractivity contribution in [1.29, 1.82) is 0 Å². The Kier molecular flexibility index (Phi) is 8.85. The van der Waals surface area contributed by atoms with Crippen LogP contribution < -0.4 is 10.2 Å². The van der Waals surface area contributed by atoms with Gasteiger partial charge < -0.3 is 15.1 Å². The molecule has 5 nitrogen and oxygen atoms in total. The van der Waals surface area contributed by atoms with Crippen LogP contribution in [0.1, 0.15) is 50.3 Å². The van der Waals surface area contributed by atoms with Gasteiger partial charge in [-0.3, -0.25) is 9.78 Å². The molecule has 0 spiro atoms. The fraction of sp³-hybridized carbons (Fsp3) is 0.333. The van der Waals surface area contributed by atoms with E-state index in [4.69, 9.17) is 0 Å². The first-order valence-electron chi connectivity index (χ1n) is 13.6. The van der Waals surface area contributed by atoms with Gasteiger partial charge in [0.05, 0.1) is 5.69 Å². The molecule has 3 aromatic rings. The molecule has 204 valence electrons. The summed E-state index contributed by atoms with van der Waals surface area (Å²) in [5.74, 6) is 1.16. The Morgan fingerprint density at radius 1 is 1.10 bits per heavy atom. The van der Waals surface area contributed by atoms with E-state index < -0.39 is 0 Å². The molecule has 1 heterocycles. The van der Waals surface area contributed by atoms with Gasteiger partial charge in [-0.2, -0.15) is 0 Å². The predicted molar refractivity (Wildman–Crippen MR) is 159 cm³/mol. The summed E-state index contributed by atoms with van der Waals surface area (Å²) in [6, 6.07) is 15.1. The number of aromatic nitrogens is 1. The molecular weight excluding hydrogens is 487 g/mol. The molecule has 0 unspecified atom stereocenters. The first-order chi connectivity index (χ1) is 18.7. The number of pyridine rings is 1. The molecule has 0 atom stereocenters. The van der Waals surface area contributed by atoms with Crippen LogP contribution in [0.2, 0.25) is 0 Å². The number of benzene rings is 2. The Morgan fingerprint density at radius 2 is 1.82 bits per heavy atom. The van der Waals surface area contributed by atoms with Crippen molar-refractivity contribution in [2.45, 2.75) is 46.2 Å². The highest BCUT2D eigenvalue weighted by molar-refractivity contribution is 5.86. The highest BCUT2D eigenvalue weighted by atomic mass is 19.1. The summed E-state index contributed by atoms with van der Waals surface area (Å²) in [5, 5.41) is 3.41. The molecule has 1 amide bonds. The molecule has 1 aromatic heterocycles. The molecule has 1 fully saturated rings. The summed E-state index contributed by atoms with van der Waals surface area (Å²) in [5.41, 5.74) is 6.67. The van der Waals surface area contributed by atoms with Gasteiger partial charge in [0.2, 0.25) is 6.41 Å². The number of rotatable bonds is 12. The number of nitrogens with one attached hydrogen (secondary N) is 1. The van der Waals surface area contributed by atoms with Crippen molar-refractivity contribution in [2.24, 2.45) is 11.8 Å². The van der Waals surface area contributed by atoms with E-state index in [0.717, 1.165) is 63.8 Å². The molecule has 0 bridgehead atoms. The van der Waals surface area contributed by atoms with Crippen LogP contribution in [0.5, 0.6) is 0 Å². The van der Waals surface area contributed by atoms with Gasteiger partial charge in [-0.15, -0.1) is 0 Å². The zero-order valence-corrected chi connectivity index (χ0v) is 23.5. The zero-order valence-electron chi connectivity index (χ0n) is 23.5. The molecule has 0 saturated heterocycles. The van der Waals surface area contributed by atoms with E-state index in [2.05, 4.69) is 49.1 Å². The third-order valence-corrected chi connectivity index (χ3v) is 7.56. The smallest absolute Gasteiger partial charge is 0.213 e. The van der Waals surface area contributed by atoms with Gasteiger partial charge in [0.1, 0.15) is 5.82 Å². The van der Waals surface area contributed by atoms with Crippen LogP contribution in [-0.4, -0.2) is 35.9 Å². The summed E-state index contributed by atoms with van der Waals surface area (Å²) < 4.78 is 14.8. The van der Waals surface area contributed by atoms with Gasteiger partial charge in [-0.1, -0.05) is 32.2 Å². The second-order valence-electron chi connectivity index (χ2n) is 11.0. The Bertz CT molecular complexity index is 1330. The molecule has 4 rings (SSSR count). The van der Waals surface area contributed by atoms with E-state index in [1.54, 1.807) is 30.4 Å². The third-order valence-electron chi connectivity index (χ3n) is 7.56. The molecular formula is C33H39FN4O. The van der Waals surface area contributed by atoms with Crippen molar-refractivity contribution >= 4 is 23.5 Å². The maximum Gasteiger partial charge on any atom is 0.213 e. The molecule has 1 saturated carbocycles. The van der Waals surface area contributed by atoms with Crippen LogP contribution in [0.25, 0.3) is 22.5 Å². The number of anilines is 1. The minimum absolute atomic E-state index is 0.0837. The van der Waals surface area contributed by atoms with Gasteiger partial charge >= 0.3 is 0 Å². The number of halogens is 1. The lowest BCUT2D eigenvalue weighted by atomic mass is 9.76. The first-order valence-corrected chi connectivity index (χ1v) is 13.6. The summed E-state index contributed by atoms with van der Waals surface area (Å²) in [4.78, 5) is 19.6. The average molecular weight is 527 g/mol. The molecule has 0 aliphatic heterocycles. The minimum Gasteiger partial charge on any atom is -0.385 e. The van der Waals surface area contributed by atoms with Crippen molar-refractivity contribution in [2.75, 3.05) is 18.5 Å². The van der Waals surface area contributed by atoms with Crippen LogP contribution >= 0.6 is 0 Å². The van der Waals surface area contributed by atoms with Crippen LogP contribution in [0.15, 0.2) is 74.1 Å². The maximum atomic E-state index is 14.8. The fourth-order valence-electron chi connectivity index (χ4n) is 5.31. The van der Waals surface area contributed by atoms with E-state index in [1.165, 1.54) is 18.9 Å². The summed E-state index contributed by atoms with van der Waals surface area (Å²) in [6.07, 6.45) is 6.74. The van der Waals surface area contributed by atoms with Gasteiger partial charge in [-0.05, 0) is 91.6 Å². The Labute approximate surface area is 232 Å². The Morgan fingerprint density at radius 3 is 2.46 bits per heavy atom. The highest BCUT2D eigenvalue weighted by Gasteiger charge is 2.25. The zero-order chi connectivity index (χ0) is 28.1. The lowest BCUT2D eigenvalue weighted by Gasteiger charge is -2.33. The van der Waals surface area contributed by atoms with Gasteiger partial charge in [0.25, 0.3) is 0 Å². The number of hydrogen-bond acceptors (Lipinski definition) is 4. The molecule has 39 heavy (non-hydrogen) atoms. The maximum absolute atomic E-state index is 14.8. The van der Waals surface area contributed by atoms with Gasteiger partial charge in [0, 0.05) is 61.1 Å². The normalized spacial score (nSPS) is 16.4. The second kappa shape index (κ2) is 12.3. The molecule has 1 aliphatic carbocycles. The van der Waals surface area contributed by atoms with E-state index in [9.17, 15) is 9.18 Å². The van der Waals surface area contributed by atoms with Crippen molar-refractivity contribution < 1.29 is 9.18 Å². The number of carbonyl (C=O) groups is 1.